The summed E-state index contributed by atoms with van der Waals surface area (Å²) >= 11 is 3.31. The molecule has 1 saturated heterocycles. The first kappa shape index (κ1) is 14.6. The van der Waals surface area contributed by atoms with Gasteiger partial charge in [0.2, 0.25) is 0 Å². The first-order valence-electron chi connectivity index (χ1n) is 6.21. The fraction of sp³-hybridized carbons (Fsp3) is 0.500. The van der Waals surface area contributed by atoms with E-state index in [2.05, 4.69) is 27.6 Å². The molecule has 1 aromatic carbocycles. The molecule has 0 bridgehead atoms. The van der Waals surface area contributed by atoms with Gasteiger partial charge in [-0.25, -0.2) is 0 Å². The molecule has 0 saturated carbocycles. The van der Waals surface area contributed by atoms with E-state index in [1.54, 1.807) is 18.2 Å². The summed E-state index contributed by atoms with van der Waals surface area (Å²) in [4.78, 5) is 0. The van der Waals surface area contributed by atoms with Crippen molar-refractivity contribution in [2.24, 2.45) is 5.92 Å². The molecule has 1 aliphatic rings. The molecule has 1 fully saturated rings. The van der Waals surface area contributed by atoms with Crippen molar-refractivity contribution in [3.63, 3.8) is 0 Å². The van der Waals surface area contributed by atoms with Crippen molar-refractivity contribution in [1.82, 2.24) is 4.31 Å². The predicted octanol–water partition coefficient (Wildman–Crippen LogP) is 2.42. The molecule has 19 heavy (non-hydrogen) atoms. The third kappa shape index (κ3) is 3.61. The smallest absolute Gasteiger partial charge is 0.301 e. The summed E-state index contributed by atoms with van der Waals surface area (Å²) in [6.45, 7) is 3.22. The second kappa shape index (κ2) is 5.68. The van der Waals surface area contributed by atoms with Crippen molar-refractivity contribution in [1.29, 1.82) is 0 Å². The molecule has 5 nitrogen and oxygen atoms in total. The summed E-state index contributed by atoms with van der Waals surface area (Å²) in [5, 5.41) is 0. The number of nitrogens with one attached hydrogen (secondary N) is 1. The Morgan fingerprint density at radius 2 is 2.21 bits per heavy atom. The van der Waals surface area contributed by atoms with Gasteiger partial charge in [-0.2, -0.15) is 12.7 Å². The van der Waals surface area contributed by atoms with Gasteiger partial charge in [0.15, 0.2) is 0 Å². The quantitative estimate of drug-likeness (QED) is 0.824. The molecular formula is C12H18BrN3O2S. The van der Waals surface area contributed by atoms with Gasteiger partial charge in [-0.1, -0.05) is 6.92 Å². The highest BCUT2D eigenvalue weighted by molar-refractivity contribution is 9.10. The summed E-state index contributed by atoms with van der Waals surface area (Å²) in [6, 6.07) is 5.00. The number of nitrogens with two attached hydrogens (primary N) is 1. The number of halogens is 1. The molecule has 0 radical (unpaired) electrons. The zero-order valence-corrected chi connectivity index (χ0v) is 13.2. The number of rotatable bonds is 3. The Labute approximate surface area is 122 Å². The van der Waals surface area contributed by atoms with Crippen molar-refractivity contribution < 1.29 is 8.42 Å². The van der Waals surface area contributed by atoms with Crippen LogP contribution in [-0.2, 0) is 10.2 Å². The number of piperidine rings is 1. The van der Waals surface area contributed by atoms with Crippen LogP contribution >= 0.6 is 15.9 Å². The van der Waals surface area contributed by atoms with Crippen LogP contribution in [-0.4, -0.2) is 25.8 Å². The summed E-state index contributed by atoms with van der Waals surface area (Å²) in [5.41, 5.74) is 6.73. The van der Waals surface area contributed by atoms with Crippen LogP contribution in [0.15, 0.2) is 22.7 Å². The minimum Gasteiger partial charge on any atom is -0.399 e. The minimum absolute atomic E-state index is 0.403. The summed E-state index contributed by atoms with van der Waals surface area (Å²) in [6.07, 6.45) is 1.99. The van der Waals surface area contributed by atoms with Crippen LogP contribution in [0.25, 0.3) is 0 Å². The maximum Gasteiger partial charge on any atom is 0.301 e. The van der Waals surface area contributed by atoms with Crippen LogP contribution in [0.3, 0.4) is 0 Å². The SMILES string of the molecule is CC1CCCN(S(=O)(=O)Nc2ccc(N)cc2Br)C1. The molecule has 1 heterocycles. The van der Waals surface area contributed by atoms with E-state index in [0.29, 0.717) is 34.9 Å². The van der Waals surface area contributed by atoms with Crippen molar-refractivity contribution in [3.05, 3.63) is 22.7 Å². The van der Waals surface area contributed by atoms with Gasteiger partial charge < -0.3 is 5.73 Å². The highest BCUT2D eigenvalue weighted by Gasteiger charge is 2.27. The van der Waals surface area contributed by atoms with Gasteiger partial charge in [0, 0.05) is 23.2 Å². The van der Waals surface area contributed by atoms with Gasteiger partial charge in [-0.3, -0.25) is 4.72 Å². The summed E-state index contributed by atoms with van der Waals surface area (Å²) in [5.74, 6) is 0.403. The highest BCUT2D eigenvalue weighted by Crippen LogP contribution is 2.27. The normalized spacial score (nSPS) is 21.3. The number of benzene rings is 1. The van der Waals surface area contributed by atoms with Crippen molar-refractivity contribution in [2.45, 2.75) is 19.8 Å². The lowest BCUT2D eigenvalue weighted by molar-refractivity contribution is 0.282. The number of nitrogens with zero attached hydrogens (tertiary/aromatic N) is 1. The minimum atomic E-state index is -3.49. The molecule has 0 spiro atoms. The van der Waals surface area contributed by atoms with Gasteiger partial charge in [0.25, 0.3) is 0 Å². The van der Waals surface area contributed by atoms with E-state index in [9.17, 15) is 8.42 Å². The third-order valence-electron chi connectivity index (χ3n) is 3.19. The van der Waals surface area contributed by atoms with Gasteiger partial charge in [0.1, 0.15) is 0 Å². The Bertz CT molecular complexity index is 562. The van der Waals surface area contributed by atoms with Gasteiger partial charge in [-0.05, 0) is 52.9 Å². The van der Waals surface area contributed by atoms with Crippen LogP contribution < -0.4 is 10.5 Å². The van der Waals surface area contributed by atoms with E-state index in [4.69, 9.17) is 5.73 Å². The molecule has 1 aliphatic heterocycles. The van der Waals surface area contributed by atoms with Crippen LogP contribution in [0.5, 0.6) is 0 Å². The standard InChI is InChI=1S/C12H18BrN3O2S/c1-9-3-2-6-16(8-9)19(17,18)15-12-5-4-10(14)7-11(12)13/h4-5,7,9,15H,2-3,6,8,14H2,1H3. The molecule has 0 aliphatic carbocycles. The summed E-state index contributed by atoms with van der Waals surface area (Å²) < 4.78 is 29.3. The lowest BCUT2D eigenvalue weighted by atomic mass is 10.0. The second-order valence-electron chi connectivity index (χ2n) is 4.95. The van der Waals surface area contributed by atoms with Crippen LogP contribution in [0, 0.1) is 5.92 Å². The molecule has 0 amide bonds. The van der Waals surface area contributed by atoms with E-state index in [0.717, 1.165) is 12.8 Å². The topological polar surface area (TPSA) is 75.4 Å². The highest BCUT2D eigenvalue weighted by atomic mass is 79.9. The number of hydrogen-bond donors (Lipinski definition) is 2. The van der Waals surface area contributed by atoms with E-state index < -0.39 is 10.2 Å². The van der Waals surface area contributed by atoms with Gasteiger partial charge >= 0.3 is 10.2 Å². The first-order valence-corrected chi connectivity index (χ1v) is 8.45. The fourth-order valence-corrected chi connectivity index (χ4v) is 4.21. The first-order chi connectivity index (χ1) is 8.88. The Morgan fingerprint density at radius 3 is 2.84 bits per heavy atom. The van der Waals surface area contributed by atoms with Gasteiger partial charge in [0.05, 0.1) is 5.69 Å². The maximum absolute atomic E-state index is 12.3. The molecule has 1 atom stereocenters. The lowest BCUT2D eigenvalue weighted by Crippen LogP contribution is -2.42. The van der Waals surface area contributed by atoms with E-state index in [-0.39, 0.29) is 0 Å². The Balaban J connectivity index is 2.16. The Hall–Kier alpha value is -0.790. The molecule has 7 heteroatoms. The van der Waals surface area contributed by atoms with E-state index >= 15 is 0 Å². The predicted molar refractivity (Wildman–Crippen MR) is 81.1 cm³/mol. The average molecular weight is 348 g/mol. The van der Waals surface area contributed by atoms with Crippen LogP contribution in [0.4, 0.5) is 11.4 Å². The molecule has 3 N–H and O–H groups in total. The monoisotopic (exact) mass is 347 g/mol. The second-order valence-corrected chi connectivity index (χ2v) is 7.48. The largest absolute Gasteiger partial charge is 0.399 e. The summed E-state index contributed by atoms with van der Waals surface area (Å²) in [7, 11) is -3.49. The average Bonchev–Trinajstić information content (AvgIpc) is 2.33. The molecule has 106 valence electrons. The molecule has 1 unspecified atom stereocenters. The molecular weight excluding hydrogens is 330 g/mol. The van der Waals surface area contributed by atoms with Crippen molar-refractivity contribution in [2.75, 3.05) is 23.5 Å². The van der Waals surface area contributed by atoms with Crippen LogP contribution in [0.2, 0.25) is 0 Å². The maximum atomic E-state index is 12.3. The number of nitrogen functional groups attached to an aromatic ring is 1. The van der Waals surface area contributed by atoms with Gasteiger partial charge in [-0.15, -0.1) is 0 Å². The number of hydrogen-bond acceptors (Lipinski definition) is 3. The van der Waals surface area contributed by atoms with Crippen molar-refractivity contribution in [3.8, 4) is 0 Å². The van der Waals surface area contributed by atoms with Crippen molar-refractivity contribution >= 4 is 37.5 Å². The number of anilines is 2. The Morgan fingerprint density at radius 1 is 1.47 bits per heavy atom. The Kier molecular flexibility index (Phi) is 4.37. The third-order valence-corrected chi connectivity index (χ3v) is 5.34. The molecule has 1 aromatic rings. The van der Waals surface area contributed by atoms with E-state index in [1.807, 2.05) is 0 Å². The van der Waals surface area contributed by atoms with Crippen LogP contribution in [0.1, 0.15) is 19.8 Å². The zero-order chi connectivity index (χ0) is 14.0. The zero-order valence-electron chi connectivity index (χ0n) is 10.8. The van der Waals surface area contributed by atoms with E-state index in [1.165, 1.54) is 4.31 Å². The molecule has 0 aromatic heterocycles. The fourth-order valence-electron chi connectivity index (χ4n) is 2.18. The lowest BCUT2D eigenvalue weighted by Gasteiger charge is -2.30. The molecule has 2 rings (SSSR count).